The average molecular weight is 184 g/mol. The number of rotatable bonds is 4. The maximum atomic E-state index is 3.47. The van der Waals surface area contributed by atoms with Crippen LogP contribution in [-0.4, -0.2) is 37.1 Å². The molecule has 13 heavy (non-hydrogen) atoms. The van der Waals surface area contributed by atoms with E-state index in [1.54, 1.807) is 0 Å². The maximum absolute atomic E-state index is 3.47. The second-order valence-corrected chi connectivity index (χ2v) is 4.27. The van der Waals surface area contributed by atoms with Gasteiger partial charge in [0.25, 0.3) is 0 Å². The van der Waals surface area contributed by atoms with Gasteiger partial charge in [0.2, 0.25) is 0 Å². The van der Waals surface area contributed by atoms with Gasteiger partial charge in [-0.25, -0.2) is 0 Å². The van der Waals surface area contributed by atoms with Crippen molar-refractivity contribution in [1.82, 2.24) is 10.2 Å². The molecule has 1 heterocycles. The van der Waals surface area contributed by atoms with E-state index in [4.69, 9.17) is 0 Å². The fourth-order valence-corrected chi connectivity index (χ4v) is 1.98. The Morgan fingerprint density at radius 1 is 1.46 bits per heavy atom. The predicted octanol–water partition coefficient (Wildman–Crippen LogP) is 1.72. The van der Waals surface area contributed by atoms with Crippen LogP contribution in [0.15, 0.2) is 0 Å². The van der Waals surface area contributed by atoms with Gasteiger partial charge in [0.05, 0.1) is 0 Å². The highest BCUT2D eigenvalue weighted by Crippen LogP contribution is 2.11. The topological polar surface area (TPSA) is 15.3 Å². The summed E-state index contributed by atoms with van der Waals surface area (Å²) in [4.78, 5) is 2.66. The molecule has 1 rings (SSSR count). The van der Waals surface area contributed by atoms with Gasteiger partial charge in [-0.1, -0.05) is 27.2 Å². The maximum Gasteiger partial charge on any atom is 0.0218 e. The van der Waals surface area contributed by atoms with Gasteiger partial charge < -0.3 is 5.32 Å². The molecule has 2 nitrogen and oxygen atoms in total. The van der Waals surface area contributed by atoms with E-state index < -0.39 is 0 Å². The number of nitrogens with one attached hydrogen (secondary N) is 1. The Hall–Kier alpha value is -0.0800. The minimum Gasteiger partial charge on any atom is -0.314 e. The molecule has 0 saturated carbocycles. The lowest BCUT2D eigenvalue weighted by Gasteiger charge is -2.37. The molecule has 0 aromatic heterocycles. The summed E-state index contributed by atoms with van der Waals surface area (Å²) in [7, 11) is 0. The molecule has 1 aliphatic heterocycles. The molecule has 2 unspecified atom stereocenters. The Bertz CT molecular complexity index is 136. The standard InChI is InChI=1S/C11H24N2/c1-4-10(3)9-13-7-6-12-8-11(13)5-2/h10-12H,4-9H2,1-3H3. The molecule has 1 aliphatic rings. The van der Waals surface area contributed by atoms with Crippen molar-refractivity contribution in [2.75, 3.05) is 26.2 Å². The highest BCUT2D eigenvalue weighted by Gasteiger charge is 2.20. The van der Waals surface area contributed by atoms with Gasteiger partial charge in [-0.05, 0) is 12.3 Å². The zero-order chi connectivity index (χ0) is 9.68. The summed E-state index contributed by atoms with van der Waals surface area (Å²) in [5.41, 5.74) is 0. The van der Waals surface area contributed by atoms with Gasteiger partial charge >= 0.3 is 0 Å². The van der Waals surface area contributed by atoms with E-state index in [1.165, 1.54) is 39.0 Å². The molecule has 0 aromatic rings. The third-order valence-electron chi connectivity index (χ3n) is 3.19. The zero-order valence-electron chi connectivity index (χ0n) is 9.34. The lowest BCUT2D eigenvalue weighted by Crippen LogP contribution is -2.52. The summed E-state index contributed by atoms with van der Waals surface area (Å²) in [6, 6.07) is 0.780. The minimum atomic E-state index is 0.780. The summed E-state index contributed by atoms with van der Waals surface area (Å²) in [6.07, 6.45) is 2.59. The Kier molecular flexibility index (Phi) is 4.74. The first kappa shape index (κ1) is 11.0. The molecule has 1 saturated heterocycles. The second-order valence-electron chi connectivity index (χ2n) is 4.27. The van der Waals surface area contributed by atoms with Crippen LogP contribution in [0.25, 0.3) is 0 Å². The minimum absolute atomic E-state index is 0.780. The van der Waals surface area contributed by atoms with E-state index in [0.29, 0.717) is 0 Å². The van der Waals surface area contributed by atoms with Crippen LogP contribution in [0, 0.1) is 5.92 Å². The van der Waals surface area contributed by atoms with E-state index in [2.05, 4.69) is 31.0 Å². The molecule has 2 atom stereocenters. The second kappa shape index (κ2) is 5.61. The van der Waals surface area contributed by atoms with Crippen molar-refractivity contribution in [2.45, 2.75) is 39.7 Å². The summed E-state index contributed by atoms with van der Waals surface area (Å²) in [6.45, 7) is 11.8. The van der Waals surface area contributed by atoms with E-state index >= 15 is 0 Å². The summed E-state index contributed by atoms with van der Waals surface area (Å²) < 4.78 is 0. The third-order valence-corrected chi connectivity index (χ3v) is 3.19. The largest absolute Gasteiger partial charge is 0.314 e. The van der Waals surface area contributed by atoms with Gasteiger partial charge in [-0.2, -0.15) is 0 Å². The normalized spacial score (nSPS) is 27.5. The number of nitrogens with zero attached hydrogens (tertiary/aromatic N) is 1. The summed E-state index contributed by atoms with van der Waals surface area (Å²) >= 11 is 0. The van der Waals surface area contributed by atoms with Crippen LogP contribution in [0.1, 0.15) is 33.6 Å². The Morgan fingerprint density at radius 2 is 2.23 bits per heavy atom. The molecule has 0 bridgehead atoms. The van der Waals surface area contributed by atoms with E-state index in [-0.39, 0.29) is 0 Å². The molecular weight excluding hydrogens is 160 g/mol. The van der Waals surface area contributed by atoms with Gasteiger partial charge in [0, 0.05) is 32.2 Å². The van der Waals surface area contributed by atoms with Crippen LogP contribution in [0.5, 0.6) is 0 Å². The summed E-state index contributed by atoms with van der Waals surface area (Å²) in [5, 5.41) is 3.47. The first-order chi connectivity index (χ1) is 6.27. The average Bonchev–Trinajstić information content (AvgIpc) is 2.18. The van der Waals surface area contributed by atoms with Crippen LogP contribution in [0.4, 0.5) is 0 Å². The Labute approximate surface area is 82.7 Å². The van der Waals surface area contributed by atoms with Crippen molar-refractivity contribution in [1.29, 1.82) is 0 Å². The van der Waals surface area contributed by atoms with E-state index in [9.17, 15) is 0 Å². The van der Waals surface area contributed by atoms with Crippen molar-refractivity contribution < 1.29 is 0 Å². The molecule has 2 heteroatoms. The fourth-order valence-electron chi connectivity index (χ4n) is 1.98. The van der Waals surface area contributed by atoms with Gasteiger partial charge in [0.15, 0.2) is 0 Å². The smallest absolute Gasteiger partial charge is 0.0218 e. The predicted molar refractivity (Wildman–Crippen MR) is 58.0 cm³/mol. The van der Waals surface area contributed by atoms with Crippen LogP contribution < -0.4 is 5.32 Å². The highest BCUT2D eigenvalue weighted by atomic mass is 15.2. The lowest BCUT2D eigenvalue weighted by atomic mass is 10.1. The Morgan fingerprint density at radius 3 is 2.85 bits per heavy atom. The molecule has 0 radical (unpaired) electrons. The van der Waals surface area contributed by atoms with Crippen molar-refractivity contribution in [3.63, 3.8) is 0 Å². The van der Waals surface area contributed by atoms with Gasteiger partial charge in [0.1, 0.15) is 0 Å². The first-order valence-corrected chi connectivity index (χ1v) is 5.72. The van der Waals surface area contributed by atoms with Crippen LogP contribution >= 0.6 is 0 Å². The van der Waals surface area contributed by atoms with Gasteiger partial charge in [-0.3, -0.25) is 4.90 Å². The third kappa shape index (κ3) is 3.28. The Balaban J connectivity index is 2.35. The highest BCUT2D eigenvalue weighted by molar-refractivity contribution is 4.79. The van der Waals surface area contributed by atoms with Crippen LogP contribution in [0.2, 0.25) is 0 Å². The SMILES string of the molecule is CCC(C)CN1CCNCC1CC. The molecular formula is C11H24N2. The lowest BCUT2D eigenvalue weighted by molar-refractivity contribution is 0.136. The quantitative estimate of drug-likeness (QED) is 0.715. The van der Waals surface area contributed by atoms with Crippen molar-refractivity contribution in [3.8, 4) is 0 Å². The fraction of sp³-hybridized carbons (Fsp3) is 1.00. The van der Waals surface area contributed by atoms with Crippen molar-refractivity contribution in [3.05, 3.63) is 0 Å². The number of hydrogen-bond acceptors (Lipinski definition) is 2. The molecule has 0 spiro atoms. The van der Waals surface area contributed by atoms with Crippen LogP contribution in [-0.2, 0) is 0 Å². The van der Waals surface area contributed by atoms with Crippen molar-refractivity contribution in [2.24, 2.45) is 5.92 Å². The monoisotopic (exact) mass is 184 g/mol. The van der Waals surface area contributed by atoms with Crippen LogP contribution in [0.3, 0.4) is 0 Å². The molecule has 1 fully saturated rings. The van der Waals surface area contributed by atoms with E-state index in [1.807, 2.05) is 0 Å². The molecule has 0 amide bonds. The summed E-state index contributed by atoms with van der Waals surface area (Å²) in [5.74, 6) is 0.854. The zero-order valence-corrected chi connectivity index (χ0v) is 9.34. The number of hydrogen-bond donors (Lipinski definition) is 1. The molecule has 78 valence electrons. The first-order valence-electron chi connectivity index (χ1n) is 5.72. The molecule has 1 N–H and O–H groups in total. The number of piperazine rings is 1. The van der Waals surface area contributed by atoms with Crippen molar-refractivity contribution >= 4 is 0 Å². The molecule has 0 aromatic carbocycles. The van der Waals surface area contributed by atoms with Gasteiger partial charge in [-0.15, -0.1) is 0 Å². The molecule has 0 aliphatic carbocycles. The van der Waals surface area contributed by atoms with E-state index in [0.717, 1.165) is 12.0 Å².